The number of thiophene rings is 1. The number of fused-ring (bicyclic) bond motifs is 1. The van der Waals surface area contributed by atoms with Crippen LogP contribution in [0.25, 0.3) is 10.2 Å². The van der Waals surface area contributed by atoms with Gasteiger partial charge in [0, 0.05) is 44.7 Å². The third kappa shape index (κ3) is 4.21. The topological polar surface area (TPSA) is 62.2 Å². The highest BCUT2D eigenvalue weighted by molar-refractivity contribution is 7.20. The summed E-state index contributed by atoms with van der Waals surface area (Å²) >= 11 is 1.52. The van der Waals surface area contributed by atoms with Gasteiger partial charge in [-0.15, -0.1) is 11.3 Å². The number of piperazine rings is 1. The molecule has 27 heavy (non-hydrogen) atoms. The van der Waals surface area contributed by atoms with Crippen molar-refractivity contribution in [3.8, 4) is 0 Å². The van der Waals surface area contributed by atoms with Crippen LogP contribution in [0.5, 0.6) is 0 Å². The SMILES string of the molecule is Cc1nn(Cc2ccccc2)c2sc(C(=O)NCCN3CCNCC3)cc12. The van der Waals surface area contributed by atoms with Gasteiger partial charge in [0.1, 0.15) is 4.83 Å². The van der Waals surface area contributed by atoms with Gasteiger partial charge in [-0.25, -0.2) is 0 Å². The van der Waals surface area contributed by atoms with Gasteiger partial charge in [-0.3, -0.25) is 14.4 Å². The largest absolute Gasteiger partial charge is 0.350 e. The molecule has 1 aliphatic heterocycles. The number of nitrogens with zero attached hydrogens (tertiary/aromatic N) is 3. The normalized spacial score (nSPS) is 15.3. The summed E-state index contributed by atoms with van der Waals surface area (Å²) in [6.07, 6.45) is 0. The molecule has 1 aliphatic rings. The Kier molecular flexibility index (Phi) is 5.52. The number of carbonyl (C=O) groups is 1. The van der Waals surface area contributed by atoms with Gasteiger partial charge < -0.3 is 10.6 Å². The molecule has 2 N–H and O–H groups in total. The molecule has 0 radical (unpaired) electrons. The van der Waals surface area contributed by atoms with E-state index in [4.69, 9.17) is 0 Å². The fraction of sp³-hybridized carbons (Fsp3) is 0.400. The average Bonchev–Trinajstić information content (AvgIpc) is 3.25. The lowest BCUT2D eigenvalue weighted by molar-refractivity contribution is 0.0951. The van der Waals surface area contributed by atoms with E-state index in [-0.39, 0.29) is 5.91 Å². The first-order valence-corrected chi connectivity index (χ1v) is 10.2. The highest BCUT2D eigenvalue weighted by Crippen LogP contribution is 2.28. The van der Waals surface area contributed by atoms with Gasteiger partial charge in [0.15, 0.2) is 0 Å². The number of hydrogen-bond acceptors (Lipinski definition) is 5. The highest BCUT2D eigenvalue weighted by atomic mass is 32.1. The molecule has 3 aromatic rings. The maximum Gasteiger partial charge on any atom is 0.261 e. The number of amides is 1. The van der Waals surface area contributed by atoms with E-state index in [0.717, 1.165) is 60.1 Å². The molecule has 1 fully saturated rings. The van der Waals surface area contributed by atoms with Gasteiger partial charge in [0.2, 0.25) is 0 Å². The number of benzene rings is 1. The van der Waals surface area contributed by atoms with Crippen molar-refractivity contribution < 1.29 is 4.79 Å². The molecule has 0 spiro atoms. The summed E-state index contributed by atoms with van der Waals surface area (Å²) in [6, 6.07) is 12.3. The molecule has 0 saturated carbocycles. The van der Waals surface area contributed by atoms with Crippen molar-refractivity contribution in [2.45, 2.75) is 13.5 Å². The molecular formula is C20H25N5OS. The molecule has 142 valence electrons. The predicted octanol–water partition coefficient (Wildman–Crippen LogP) is 2.09. The summed E-state index contributed by atoms with van der Waals surface area (Å²) in [7, 11) is 0. The standard InChI is InChI=1S/C20H25N5OS/c1-15-17-13-18(19(26)22-9-12-24-10-7-21-8-11-24)27-20(17)25(23-15)14-16-5-3-2-4-6-16/h2-6,13,21H,7-12,14H2,1H3,(H,22,26). The van der Waals surface area contributed by atoms with Crippen LogP contribution in [-0.2, 0) is 6.54 Å². The van der Waals surface area contributed by atoms with Crippen molar-refractivity contribution in [3.63, 3.8) is 0 Å². The number of nitrogens with one attached hydrogen (secondary N) is 2. The minimum Gasteiger partial charge on any atom is -0.350 e. The van der Waals surface area contributed by atoms with E-state index < -0.39 is 0 Å². The summed E-state index contributed by atoms with van der Waals surface area (Å²) in [5.74, 6) is 0.0111. The molecule has 1 aromatic carbocycles. The summed E-state index contributed by atoms with van der Waals surface area (Å²) in [5, 5.41) is 12.1. The van der Waals surface area contributed by atoms with Crippen LogP contribution < -0.4 is 10.6 Å². The molecule has 1 saturated heterocycles. The fourth-order valence-corrected chi connectivity index (χ4v) is 4.51. The van der Waals surface area contributed by atoms with Crippen LogP contribution in [0.2, 0.25) is 0 Å². The number of rotatable bonds is 6. The molecule has 1 amide bonds. The van der Waals surface area contributed by atoms with Crippen molar-refractivity contribution in [3.05, 3.63) is 52.5 Å². The van der Waals surface area contributed by atoms with Gasteiger partial charge >= 0.3 is 0 Å². The zero-order valence-electron chi connectivity index (χ0n) is 15.6. The average molecular weight is 384 g/mol. The van der Waals surface area contributed by atoms with E-state index in [1.54, 1.807) is 0 Å². The zero-order valence-corrected chi connectivity index (χ0v) is 16.4. The van der Waals surface area contributed by atoms with Gasteiger partial charge in [-0.1, -0.05) is 30.3 Å². The van der Waals surface area contributed by atoms with Crippen molar-refractivity contribution >= 4 is 27.5 Å². The van der Waals surface area contributed by atoms with Crippen molar-refractivity contribution in [1.29, 1.82) is 0 Å². The molecule has 3 heterocycles. The van der Waals surface area contributed by atoms with E-state index in [2.05, 4.69) is 32.8 Å². The molecule has 4 rings (SSSR count). The van der Waals surface area contributed by atoms with Gasteiger partial charge in [0.05, 0.1) is 17.1 Å². The van der Waals surface area contributed by atoms with Crippen LogP contribution in [0.3, 0.4) is 0 Å². The summed E-state index contributed by atoms with van der Waals surface area (Å²) in [6.45, 7) is 8.46. The zero-order chi connectivity index (χ0) is 18.6. The molecular weight excluding hydrogens is 358 g/mol. The van der Waals surface area contributed by atoms with Gasteiger partial charge in [-0.2, -0.15) is 5.10 Å². The van der Waals surface area contributed by atoms with Crippen LogP contribution in [0.15, 0.2) is 36.4 Å². The second-order valence-electron chi connectivity index (χ2n) is 6.91. The van der Waals surface area contributed by atoms with Gasteiger partial charge in [0.25, 0.3) is 5.91 Å². The molecule has 2 aromatic heterocycles. The van der Waals surface area contributed by atoms with Crippen molar-refractivity contribution in [1.82, 2.24) is 25.3 Å². The Labute approximate surface area is 163 Å². The Bertz CT molecular complexity index is 911. The van der Waals surface area contributed by atoms with E-state index >= 15 is 0 Å². The Morgan fingerprint density at radius 2 is 2.04 bits per heavy atom. The Hall–Kier alpha value is -2.22. The lowest BCUT2D eigenvalue weighted by atomic mass is 10.2. The molecule has 0 aliphatic carbocycles. The quantitative estimate of drug-likeness (QED) is 0.684. The Balaban J connectivity index is 1.43. The summed E-state index contributed by atoms with van der Waals surface area (Å²) in [4.78, 5) is 16.8. The van der Waals surface area contributed by atoms with Gasteiger partial charge in [-0.05, 0) is 18.6 Å². The lowest BCUT2D eigenvalue weighted by Gasteiger charge is -2.26. The van der Waals surface area contributed by atoms with Crippen LogP contribution >= 0.6 is 11.3 Å². The highest BCUT2D eigenvalue weighted by Gasteiger charge is 2.17. The summed E-state index contributed by atoms with van der Waals surface area (Å²) < 4.78 is 2.00. The fourth-order valence-electron chi connectivity index (χ4n) is 3.44. The second-order valence-corrected chi connectivity index (χ2v) is 7.94. The lowest BCUT2D eigenvalue weighted by Crippen LogP contribution is -2.46. The monoisotopic (exact) mass is 383 g/mol. The number of carbonyl (C=O) groups excluding carboxylic acids is 1. The Morgan fingerprint density at radius 3 is 2.81 bits per heavy atom. The van der Waals surface area contributed by atoms with Crippen LogP contribution in [-0.4, -0.2) is 59.9 Å². The van der Waals surface area contributed by atoms with E-state index in [1.807, 2.05) is 35.9 Å². The van der Waals surface area contributed by atoms with Crippen LogP contribution in [0, 0.1) is 6.92 Å². The van der Waals surface area contributed by atoms with Crippen molar-refractivity contribution in [2.75, 3.05) is 39.3 Å². The Morgan fingerprint density at radius 1 is 1.26 bits per heavy atom. The maximum absolute atomic E-state index is 12.6. The van der Waals surface area contributed by atoms with Crippen LogP contribution in [0.4, 0.5) is 0 Å². The molecule has 6 nitrogen and oxygen atoms in total. The second kappa shape index (κ2) is 8.21. The molecule has 0 atom stereocenters. The molecule has 7 heteroatoms. The first kappa shape index (κ1) is 18.2. The van der Waals surface area contributed by atoms with Crippen molar-refractivity contribution in [2.24, 2.45) is 0 Å². The van der Waals surface area contributed by atoms with E-state index in [0.29, 0.717) is 6.54 Å². The number of aryl methyl sites for hydroxylation is 1. The minimum atomic E-state index is 0.0111. The first-order valence-electron chi connectivity index (χ1n) is 9.43. The number of aromatic nitrogens is 2. The third-order valence-electron chi connectivity index (χ3n) is 4.93. The molecule has 0 unspecified atom stereocenters. The maximum atomic E-state index is 12.6. The van der Waals surface area contributed by atoms with E-state index in [9.17, 15) is 4.79 Å². The predicted molar refractivity (Wildman–Crippen MR) is 110 cm³/mol. The smallest absolute Gasteiger partial charge is 0.261 e. The third-order valence-corrected chi connectivity index (χ3v) is 6.08. The number of hydrogen-bond donors (Lipinski definition) is 2. The van der Waals surface area contributed by atoms with Crippen LogP contribution in [0.1, 0.15) is 20.9 Å². The first-order chi connectivity index (χ1) is 13.2. The van der Waals surface area contributed by atoms with E-state index in [1.165, 1.54) is 16.9 Å². The summed E-state index contributed by atoms with van der Waals surface area (Å²) in [5.41, 5.74) is 2.18. The minimum absolute atomic E-state index is 0.0111. The molecule has 0 bridgehead atoms.